The molecular weight excluding hydrogens is 349 g/mol. The number of allylic oxidation sites excluding steroid dienone is 1. The Kier molecular flexibility index (Phi) is 7.56. The van der Waals surface area contributed by atoms with E-state index in [9.17, 15) is 9.18 Å². The molecule has 144 valence electrons. The number of thioether (sulfide) groups is 1. The van der Waals surface area contributed by atoms with Gasteiger partial charge in [0.2, 0.25) is 0 Å². The second-order valence-electron chi connectivity index (χ2n) is 7.78. The maximum Gasteiger partial charge on any atom is 0.410 e. The van der Waals surface area contributed by atoms with E-state index in [1.807, 2.05) is 50.1 Å². The van der Waals surface area contributed by atoms with Crippen LogP contribution in [0.1, 0.15) is 52.0 Å². The molecule has 1 fully saturated rings. The van der Waals surface area contributed by atoms with Crippen LogP contribution in [0.2, 0.25) is 0 Å². The van der Waals surface area contributed by atoms with Gasteiger partial charge in [-0.3, -0.25) is 0 Å². The van der Waals surface area contributed by atoms with Crippen LogP contribution in [0.4, 0.5) is 9.18 Å². The van der Waals surface area contributed by atoms with Crippen LogP contribution < -0.4 is 0 Å². The summed E-state index contributed by atoms with van der Waals surface area (Å²) in [6.07, 6.45) is 9.90. The summed E-state index contributed by atoms with van der Waals surface area (Å²) in [7, 11) is 0. The molecule has 1 heterocycles. The zero-order valence-electron chi connectivity index (χ0n) is 16.3. The summed E-state index contributed by atoms with van der Waals surface area (Å²) in [6, 6.07) is 5.36. The Balaban J connectivity index is 1.72. The van der Waals surface area contributed by atoms with Crippen LogP contribution >= 0.6 is 11.8 Å². The standard InChI is InChI=1S/C21H30FNO2S/c1-21(2,3)25-20(24)23-13-11-16(12-14-23)7-5-6-8-17-9-10-19(26-4)18(22)15-17/h6,8-10,15-16H,5,7,11-14H2,1-4H3. The zero-order chi connectivity index (χ0) is 19.2. The molecule has 1 aromatic carbocycles. The van der Waals surface area contributed by atoms with Crippen molar-refractivity contribution < 1.29 is 13.9 Å². The lowest BCUT2D eigenvalue weighted by Crippen LogP contribution is -2.41. The highest BCUT2D eigenvalue weighted by atomic mass is 32.2. The molecule has 1 saturated heterocycles. The number of piperidine rings is 1. The molecule has 0 bridgehead atoms. The first kappa shape index (κ1) is 20.8. The minimum Gasteiger partial charge on any atom is -0.444 e. The Morgan fingerprint density at radius 3 is 2.62 bits per heavy atom. The molecule has 0 atom stereocenters. The molecule has 26 heavy (non-hydrogen) atoms. The number of amides is 1. The molecule has 0 saturated carbocycles. The molecule has 0 aromatic heterocycles. The number of ether oxygens (including phenoxy) is 1. The van der Waals surface area contributed by atoms with Gasteiger partial charge in [-0.2, -0.15) is 0 Å². The highest BCUT2D eigenvalue weighted by molar-refractivity contribution is 7.98. The van der Waals surface area contributed by atoms with Gasteiger partial charge >= 0.3 is 6.09 Å². The molecule has 0 spiro atoms. The lowest BCUT2D eigenvalue weighted by molar-refractivity contribution is 0.0181. The summed E-state index contributed by atoms with van der Waals surface area (Å²) in [5.74, 6) is 0.475. The summed E-state index contributed by atoms with van der Waals surface area (Å²) in [6.45, 7) is 7.22. The molecule has 1 amide bonds. The number of halogens is 1. The maximum atomic E-state index is 13.8. The number of rotatable bonds is 5. The second kappa shape index (κ2) is 9.45. The van der Waals surface area contributed by atoms with Gasteiger partial charge in [-0.15, -0.1) is 11.8 Å². The Hall–Kier alpha value is -1.49. The van der Waals surface area contributed by atoms with Crippen LogP contribution in [0, 0.1) is 11.7 Å². The average molecular weight is 380 g/mol. The minimum absolute atomic E-state index is 0.158. The van der Waals surface area contributed by atoms with E-state index in [-0.39, 0.29) is 11.9 Å². The van der Waals surface area contributed by atoms with E-state index in [2.05, 4.69) is 6.08 Å². The quantitative estimate of drug-likeness (QED) is 0.589. The van der Waals surface area contributed by atoms with E-state index in [0.717, 1.165) is 44.3 Å². The third kappa shape index (κ3) is 6.67. The highest BCUT2D eigenvalue weighted by Crippen LogP contribution is 2.24. The Morgan fingerprint density at radius 1 is 1.35 bits per heavy atom. The summed E-state index contributed by atoms with van der Waals surface area (Å²) in [5, 5.41) is 0. The smallest absolute Gasteiger partial charge is 0.410 e. The van der Waals surface area contributed by atoms with Crippen molar-refractivity contribution in [2.75, 3.05) is 19.3 Å². The molecule has 3 nitrogen and oxygen atoms in total. The number of hydrogen-bond donors (Lipinski definition) is 0. The van der Waals surface area contributed by atoms with E-state index >= 15 is 0 Å². The summed E-state index contributed by atoms with van der Waals surface area (Å²) < 4.78 is 19.2. The average Bonchev–Trinajstić information content (AvgIpc) is 2.58. The largest absolute Gasteiger partial charge is 0.444 e. The van der Waals surface area contributed by atoms with Crippen LogP contribution in [0.25, 0.3) is 6.08 Å². The number of nitrogens with zero attached hydrogens (tertiary/aromatic N) is 1. The fourth-order valence-corrected chi connectivity index (χ4v) is 3.53. The predicted octanol–water partition coefficient (Wildman–Crippen LogP) is 5.99. The molecule has 0 unspecified atom stereocenters. The van der Waals surface area contributed by atoms with Gasteiger partial charge in [0.15, 0.2) is 0 Å². The van der Waals surface area contributed by atoms with Gasteiger partial charge in [-0.1, -0.05) is 18.2 Å². The second-order valence-corrected chi connectivity index (χ2v) is 8.63. The maximum absolute atomic E-state index is 13.8. The number of hydrogen-bond acceptors (Lipinski definition) is 3. The molecule has 0 radical (unpaired) electrons. The topological polar surface area (TPSA) is 29.5 Å². The van der Waals surface area contributed by atoms with Gasteiger partial charge in [0.05, 0.1) is 0 Å². The summed E-state index contributed by atoms with van der Waals surface area (Å²) in [4.78, 5) is 14.6. The van der Waals surface area contributed by atoms with Gasteiger partial charge in [0.1, 0.15) is 11.4 Å². The first-order chi connectivity index (χ1) is 12.3. The zero-order valence-corrected chi connectivity index (χ0v) is 17.1. The fraction of sp³-hybridized carbons (Fsp3) is 0.571. The van der Waals surface area contributed by atoms with Gasteiger partial charge in [-0.05, 0) is 76.3 Å². The molecular formula is C21H30FNO2S. The molecule has 1 aromatic rings. The van der Waals surface area contributed by atoms with Crippen LogP contribution in [0.3, 0.4) is 0 Å². The Morgan fingerprint density at radius 2 is 2.04 bits per heavy atom. The monoisotopic (exact) mass is 379 g/mol. The van der Waals surface area contributed by atoms with Crippen LogP contribution in [0.15, 0.2) is 29.2 Å². The van der Waals surface area contributed by atoms with Crippen LogP contribution in [0.5, 0.6) is 0 Å². The van der Waals surface area contributed by atoms with Crippen molar-refractivity contribution in [3.05, 3.63) is 35.7 Å². The molecule has 0 N–H and O–H groups in total. The van der Waals surface area contributed by atoms with Crippen molar-refractivity contribution in [2.45, 2.75) is 57.0 Å². The van der Waals surface area contributed by atoms with Crippen molar-refractivity contribution in [1.82, 2.24) is 4.90 Å². The van der Waals surface area contributed by atoms with Crippen molar-refractivity contribution in [3.63, 3.8) is 0 Å². The third-order valence-corrected chi connectivity index (χ3v) is 5.26. The fourth-order valence-electron chi connectivity index (χ4n) is 3.07. The number of likely N-dealkylation sites (tertiary alicyclic amines) is 1. The van der Waals surface area contributed by atoms with Crippen LogP contribution in [-0.2, 0) is 4.74 Å². The van der Waals surface area contributed by atoms with Crippen molar-refractivity contribution in [3.8, 4) is 0 Å². The van der Waals surface area contributed by atoms with Gasteiger partial charge in [0, 0.05) is 18.0 Å². The Bertz CT molecular complexity index is 631. The number of carbonyl (C=O) groups excluding carboxylic acids is 1. The lowest BCUT2D eigenvalue weighted by atomic mass is 9.92. The van der Waals surface area contributed by atoms with Crippen molar-refractivity contribution in [1.29, 1.82) is 0 Å². The number of benzene rings is 1. The van der Waals surface area contributed by atoms with E-state index < -0.39 is 5.60 Å². The summed E-state index contributed by atoms with van der Waals surface area (Å²) >= 11 is 1.42. The van der Waals surface area contributed by atoms with Crippen molar-refractivity contribution >= 4 is 23.9 Å². The molecule has 1 aliphatic rings. The van der Waals surface area contributed by atoms with Crippen LogP contribution in [-0.4, -0.2) is 35.9 Å². The first-order valence-electron chi connectivity index (χ1n) is 9.26. The first-order valence-corrected chi connectivity index (χ1v) is 10.5. The SMILES string of the molecule is CSc1ccc(C=CCCC2CCN(C(=O)OC(C)(C)C)CC2)cc1F. The van der Waals surface area contributed by atoms with Gasteiger partial charge in [-0.25, -0.2) is 9.18 Å². The molecule has 2 rings (SSSR count). The Labute approximate surface area is 161 Å². The lowest BCUT2D eigenvalue weighted by Gasteiger charge is -2.33. The van der Waals surface area contributed by atoms with E-state index in [1.54, 1.807) is 6.07 Å². The highest BCUT2D eigenvalue weighted by Gasteiger charge is 2.26. The minimum atomic E-state index is -0.438. The van der Waals surface area contributed by atoms with E-state index in [4.69, 9.17) is 4.74 Å². The normalized spacial score (nSPS) is 16.3. The van der Waals surface area contributed by atoms with Gasteiger partial charge in [0.25, 0.3) is 0 Å². The van der Waals surface area contributed by atoms with Gasteiger partial charge < -0.3 is 9.64 Å². The third-order valence-electron chi connectivity index (χ3n) is 4.49. The van der Waals surface area contributed by atoms with Crippen molar-refractivity contribution in [2.24, 2.45) is 5.92 Å². The molecule has 5 heteroatoms. The van der Waals surface area contributed by atoms with E-state index in [1.165, 1.54) is 11.8 Å². The molecule has 1 aliphatic heterocycles. The number of carbonyl (C=O) groups is 1. The summed E-state index contributed by atoms with van der Waals surface area (Å²) in [5.41, 5.74) is 0.465. The van der Waals surface area contributed by atoms with E-state index in [0.29, 0.717) is 10.8 Å². The predicted molar refractivity (Wildman–Crippen MR) is 107 cm³/mol. The molecule has 0 aliphatic carbocycles.